The summed E-state index contributed by atoms with van der Waals surface area (Å²) in [4.78, 5) is 7.31. The summed E-state index contributed by atoms with van der Waals surface area (Å²) in [6.07, 6.45) is 2.65. The molecule has 19 heavy (non-hydrogen) atoms. The number of rotatable bonds is 6. The maximum Gasteiger partial charge on any atom is 0.191 e. The highest BCUT2D eigenvalue weighted by Gasteiger charge is 2.20. The molecule has 4 heteroatoms. The number of nitrogens with zero attached hydrogens (tertiary/aromatic N) is 2. The molecule has 0 spiro atoms. The molecule has 0 bridgehead atoms. The van der Waals surface area contributed by atoms with Crippen LogP contribution in [0.25, 0.3) is 0 Å². The Hall–Kier alpha value is -0.770. The molecule has 1 aliphatic heterocycles. The Balaban J connectivity index is 2.39. The predicted octanol–water partition coefficient (Wildman–Crippen LogP) is 1.93. The average molecular weight is 268 g/mol. The fourth-order valence-electron chi connectivity index (χ4n) is 2.71. The van der Waals surface area contributed by atoms with Gasteiger partial charge in [0.2, 0.25) is 0 Å². The number of aliphatic imine (C=N–C) groups is 1. The van der Waals surface area contributed by atoms with E-state index < -0.39 is 0 Å². The van der Waals surface area contributed by atoms with Crippen molar-refractivity contribution in [2.75, 3.05) is 39.3 Å². The maximum atomic E-state index is 4.71. The first-order valence-electron chi connectivity index (χ1n) is 7.90. The minimum absolute atomic E-state index is 0.722. The van der Waals surface area contributed by atoms with E-state index in [1.54, 1.807) is 0 Å². The highest BCUT2D eigenvalue weighted by Crippen LogP contribution is 2.17. The van der Waals surface area contributed by atoms with Gasteiger partial charge < -0.3 is 15.5 Å². The molecule has 2 N–H and O–H groups in total. The van der Waals surface area contributed by atoms with Gasteiger partial charge in [0.1, 0.15) is 0 Å². The van der Waals surface area contributed by atoms with E-state index in [0.29, 0.717) is 0 Å². The van der Waals surface area contributed by atoms with Crippen molar-refractivity contribution in [3.05, 3.63) is 0 Å². The summed E-state index contributed by atoms with van der Waals surface area (Å²) < 4.78 is 0. The Bertz CT molecular complexity index is 255. The van der Waals surface area contributed by atoms with Crippen LogP contribution in [0.2, 0.25) is 0 Å². The van der Waals surface area contributed by atoms with Crippen molar-refractivity contribution >= 4 is 5.96 Å². The van der Waals surface area contributed by atoms with Crippen molar-refractivity contribution in [1.29, 1.82) is 0 Å². The minimum atomic E-state index is 0.722. The second-order valence-corrected chi connectivity index (χ2v) is 5.91. The van der Waals surface area contributed by atoms with Gasteiger partial charge in [-0.05, 0) is 45.1 Å². The molecule has 0 aromatic heterocycles. The molecule has 4 nitrogen and oxygen atoms in total. The third-order valence-corrected chi connectivity index (χ3v) is 3.42. The molecule has 1 aliphatic rings. The van der Waals surface area contributed by atoms with E-state index in [1.807, 2.05) is 0 Å². The molecule has 1 saturated heterocycles. The molecule has 0 aromatic carbocycles. The second-order valence-electron chi connectivity index (χ2n) is 5.91. The molecule has 0 unspecified atom stereocenters. The van der Waals surface area contributed by atoms with Gasteiger partial charge in [0.25, 0.3) is 0 Å². The van der Waals surface area contributed by atoms with E-state index in [9.17, 15) is 0 Å². The predicted molar refractivity (Wildman–Crippen MR) is 83.7 cm³/mol. The van der Waals surface area contributed by atoms with Crippen LogP contribution in [0.4, 0.5) is 0 Å². The largest absolute Gasteiger partial charge is 0.357 e. The van der Waals surface area contributed by atoms with Crippen molar-refractivity contribution < 1.29 is 0 Å². The number of likely N-dealkylation sites (tertiary alicyclic amines) is 1. The van der Waals surface area contributed by atoms with Crippen molar-refractivity contribution in [1.82, 2.24) is 15.5 Å². The lowest BCUT2D eigenvalue weighted by atomic mass is 9.97. The van der Waals surface area contributed by atoms with E-state index in [2.05, 4.69) is 43.2 Å². The molecule has 1 rings (SSSR count). The molecular formula is C15H32N4. The number of piperidine rings is 1. The minimum Gasteiger partial charge on any atom is -0.357 e. The van der Waals surface area contributed by atoms with Gasteiger partial charge in [0, 0.05) is 32.7 Å². The van der Waals surface area contributed by atoms with Crippen LogP contribution < -0.4 is 10.6 Å². The monoisotopic (exact) mass is 268 g/mol. The van der Waals surface area contributed by atoms with Gasteiger partial charge in [0.05, 0.1) is 0 Å². The Morgan fingerprint density at radius 2 is 1.95 bits per heavy atom. The summed E-state index contributed by atoms with van der Waals surface area (Å²) in [5.41, 5.74) is 0. The first kappa shape index (κ1) is 16.3. The number of hydrogen-bond donors (Lipinski definition) is 2. The zero-order chi connectivity index (χ0) is 14.1. The van der Waals surface area contributed by atoms with E-state index in [0.717, 1.165) is 37.4 Å². The van der Waals surface area contributed by atoms with Gasteiger partial charge in [-0.3, -0.25) is 4.99 Å². The third-order valence-electron chi connectivity index (χ3n) is 3.42. The summed E-state index contributed by atoms with van der Waals surface area (Å²) in [5.74, 6) is 2.45. The average Bonchev–Trinajstić information content (AvgIpc) is 2.36. The molecule has 0 aromatic rings. The molecule has 1 fully saturated rings. The third kappa shape index (κ3) is 6.81. The van der Waals surface area contributed by atoms with Crippen molar-refractivity contribution in [2.24, 2.45) is 16.8 Å². The molecule has 1 heterocycles. The number of nitrogens with one attached hydrogen (secondary N) is 2. The molecule has 0 aliphatic carbocycles. The molecule has 1 atom stereocenters. The Morgan fingerprint density at radius 1 is 1.26 bits per heavy atom. The van der Waals surface area contributed by atoms with Gasteiger partial charge >= 0.3 is 0 Å². The van der Waals surface area contributed by atoms with Crippen LogP contribution in [0.15, 0.2) is 4.99 Å². The second kappa shape index (κ2) is 9.18. The lowest BCUT2D eigenvalue weighted by Gasteiger charge is -2.33. The molecule has 0 radical (unpaired) electrons. The van der Waals surface area contributed by atoms with Gasteiger partial charge in [-0.25, -0.2) is 0 Å². The maximum absolute atomic E-state index is 4.71. The fraction of sp³-hybridized carbons (Fsp3) is 0.933. The van der Waals surface area contributed by atoms with Crippen LogP contribution in [0.3, 0.4) is 0 Å². The first-order chi connectivity index (χ1) is 9.15. The summed E-state index contributed by atoms with van der Waals surface area (Å²) in [5, 5.41) is 6.58. The fourth-order valence-corrected chi connectivity index (χ4v) is 2.71. The van der Waals surface area contributed by atoms with Gasteiger partial charge in [0.15, 0.2) is 5.96 Å². The van der Waals surface area contributed by atoms with Crippen molar-refractivity contribution in [3.63, 3.8) is 0 Å². The zero-order valence-electron chi connectivity index (χ0n) is 13.2. The van der Waals surface area contributed by atoms with E-state index >= 15 is 0 Å². The van der Waals surface area contributed by atoms with Crippen LogP contribution in [0.5, 0.6) is 0 Å². The summed E-state index contributed by atoms with van der Waals surface area (Å²) in [6, 6.07) is 0. The zero-order valence-corrected chi connectivity index (χ0v) is 13.2. The number of guanidine groups is 1. The van der Waals surface area contributed by atoms with Crippen LogP contribution in [-0.2, 0) is 0 Å². The van der Waals surface area contributed by atoms with Crippen LogP contribution >= 0.6 is 0 Å². The molecule has 112 valence electrons. The molecular weight excluding hydrogens is 236 g/mol. The summed E-state index contributed by atoms with van der Waals surface area (Å²) in [7, 11) is 0. The van der Waals surface area contributed by atoms with Gasteiger partial charge in [-0.2, -0.15) is 0 Å². The highest BCUT2D eigenvalue weighted by molar-refractivity contribution is 5.79. The van der Waals surface area contributed by atoms with Crippen LogP contribution in [0, 0.1) is 11.8 Å². The molecule has 0 amide bonds. The Morgan fingerprint density at radius 3 is 2.53 bits per heavy atom. The summed E-state index contributed by atoms with van der Waals surface area (Å²) >= 11 is 0. The van der Waals surface area contributed by atoms with Crippen LogP contribution in [-0.4, -0.2) is 50.1 Å². The van der Waals surface area contributed by atoms with Gasteiger partial charge in [-0.1, -0.05) is 13.8 Å². The normalized spacial score (nSPS) is 20.4. The van der Waals surface area contributed by atoms with Crippen LogP contribution in [0.1, 0.15) is 40.5 Å². The topological polar surface area (TPSA) is 39.7 Å². The lowest BCUT2D eigenvalue weighted by molar-refractivity contribution is 0.162. The standard InChI is InChI=1S/C15H32N4/c1-5-16-15(17-6-2)18-10-14-8-7-9-19(12-14)11-13(3)4/h13-14H,5-12H2,1-4H3,(H2,16,17,18)/t14-/m1/s1. The van der Waals surface area contributed by atoms with Gasteiger partial charge in [-0.15, -0.1) is 0 Å². The quantitative estimate of drug-likeness (QED) is 0.571. The van der Waals surface area contributed by atoms with E-state index in [-0.39, 0.29) is 0 Å². The van der Waals surface area contributed by atoms with E-state index in [1.165, 1.54) is 32.5 Å². The Labute approximate surface area is 119 Å². The van der Waals surface area contributed by atoms with Crippen molar-refractivity contribution in [3.8, 4) is 0 Å². The SMILES string of the molecule is CCNC(=NC[C@H]1CCCN(CC(C)C)C1)NCC. The number of hydrogen-bond acceptors (Lipinski definition) is 2. The first-order valence-corrected chi connectivity index (χ1v) is 7.90. The smallest absolute Gasteiger partial charge is 0.191 e. The summed E-state index contributed by atoms with van der Waals surface area (Å²) in [6.45, 7) is 15.3. The van der Waals surface area contributed by atoms with Crippen molar-refractivity contribution in [2.45, 2.75) is 40.5 Å². The molecule has 0 saturated carbocycles. The lowest BCUT2D eigenvalue weighted by Crippen LogP contribution is -2.40. The Kier molecular flexibility index (Phi) is 7.87. The van der Waals surface area contributed by atoms with E-state index in [4.69, 9.17) is 4.99 Å². The highest BCUT2D eigenvalue weighted by atomic mass is 15.2.